The molecule has 5 nitrogen and oxygen atoms in total. The molecule has 4 atom stereocenters. The molecule has 2 heterocycles. The topological polar surface area (TPSA) is 59.2 Å². The third-order valence-corrected chi connectivity index (χ3v) is 6.14. The van der Waals surface area contributed by atoms with E-state index in [1.165, 1.54) is 0 Å². The fourth-order valence-electron chi connectivity index (χ4n) is 4.80. The second kappa shape index (κ2) is 6.38. The van der Waals surface area contributed by atoms with Crippen molar-refractivity contribution < 1.29 is 9.32 Å². The molecule has 1 amide bonds. The monoisotopic (exact) mass is 349 g/mol. The van der Waals surface area contributed by atoms with Gasteiger partial charge in [0, 0.05) is 18.0 Å². The maximum absolute atomic E-state index is 13.3. The molecule has 134 valence electrons. The Kier molecular flexibility index (Phi) is 3.88. The molecular weight excluding hydrogens is 326 g/mol. The van der Waals surface area contributed by atoms with Crippen molar-refractivity contribution in [2.75, 3.05) is 6.54 Å². The maximum Gasteiger partial charge on any atom is 0.249 e. The van der Waals surface area contributed by atoms with Crippen molar-refractivity contribution in [1.29, 1.82) is 0 Å². The number of carbonyl (C=O) groups is 1. The molecule has 5 heteroatoms. The van der Waals surface area contributed by atoms with E-state index in [4.69, 9.17) is 4.52 Å². The van der Waals surface area contributed by atoms with Crippen molar-refractivity contribution in [3.05, 3.63) is 48.4 Å². The number of likely N-dealkylation sites (tertiary alicyclic amines) is 1. The molecule has 2 aromatic rings. The van der Waals surface area contributed by atoms with Gasteiger partial charge in [-0.2, -0.15) is 4.98 Å². The Balaban J connectivity index is 1.39. The van der Waals surface area contributed by atoms with Crippen LogP contribution < -0.4 is 0 Å². The van der Waals surface area contributed by atoms with Crippen LogP contribution in [0.1, 0.15) is 44.0 Å². The van der Waals surface area contributed by atoms with Crippen molar-refractivity contribution in [2.24, 2.45) is 17.8 Å². The van der Waals surface area contributed by atoms with Crippen LogP contribution in [0.3, 0.4) is 0 Å². The standard InChI is InChI=1S/C21H23N3O2/c25-21(17-13-14-9-10-16(17)12-14)24-11-5-4-8-18(24)20-22-19(23-26-20)15-6-2-1-3-7-15/h1-3,6-7,9-10,14,16-18H,4-5,8,11-13H2/t14-,16-,17-,18-/m0/s1. The van der Waals surface area contributed by atoms with Crippen LogP contribution in [0.4, 0.5) is 0 Å². The van der Waals surface area contributed by atoms with Crippen LogP contribution in [0.15, 0.2) is 47.0 Å². The Labute approximate surface area is 153 Å². The molecule has 2 bridgehead atoms. The summed E-state index contributed by atoms with van der Waals surface area (Å²) in [4.78, 5) is 19.9. The van der Waals surface area contributed by atoms with E-state index in [1.54, 1.807) is 0 Å². The molecule has 1 aliphatic heterocycles. The molecule has 5 rings (SSSR count). The number of allylic oxidation sites excluding steroid dienone is 2. The van der Waals surface area contributed by atoms with Gasteiger partial charge in [0.15, 0.2) is 0 Å². The second-order valence-electron chi connectivity index (χ2n) is 7.75. The van der Waals surface area contributed by atoms with Crippen molar-refractivity contribution in [1.82, 2.24) is 15.0 Å². The number of benzene rings is 1. The van der Waals surface area contributed by atoms with E-state index >= 15 is 0 Å². The van der Waals surface area contributed by atoms with E-state index in [1.807, 2.05) is 35.2 Å². The van der Waals surface area contributed by atoms with Gasteiger partial charge in [0.2, 0.25) is 17.6 Å². The largest absolute Gasteiger partial charge is 0.337 e. The quantitative estimate of drug-likeness (QED) is 0.786. The minimum Gasteiger partial charge on any atom is -0.337 e. The van der Waals surface area contributed by atoms with Crippen LogP contribution in [0.25, 0.3) is 11.4 Å². The molecule has 26 heavy (non-hydrogen) atoms. The van der Waals surface area contributed by atoms with Gasteiger partial charge >= 0.3 is 0 Å². The molecule has 1 aromatic carbocycles. The minimum absolute atomic E-state index is 0.0793. The molecule has 1 aromatic heterocycles. The normalized spacial score (nSPS) is 30.1. The highest BCUT2D eigenvalue weighted by molar-refractivity contribution is 5.80. The first-order valence-corrected chi connectivity index (χ1v) is 9.67. The third-order valence-electron chi connectivity index (χ3n) is 6.14. The fraction of sp³-hybridized carbons (Fsp3) is 0.476. The summed E-state index contributed by atoms with van der Waals surface area (Å²) in [5.41, 5.74) is 0.939. The summed E-state index contributed by atoms with van der Waals surface area (Å²) in [6.45, 7) is 0.796. The lowest BCUT2D eigenvalue weighted by Gasteiger charge is -2.36. The van der Waals surface area contributed by atoms with Crippen LogP contribution in [0.2, 0.25) is 0 Å². The van der Waals surface area contributed by atoms with E-state index < -0.39 is 0 Å². The van der Waals surface area contributed by atoms with Gasteiger partial charge in [-0.15, -0.1) is 0 Å². The zero-order valence-corrected chi connectivity index (χ0v) is 14.8. The third kappa shape index (κ3) is 2.66. The Morgan fingerprint density at radius 1 is 1.12 bits per heavy atom. The van der Waals surface area contributed by atoms with Gasteiger partial charge in [-0.05, 0) is 43.9 Å². The zero-order chi connectivity index (χ0) is 17.5. The van der Waals surface area contributed by atoms with Crippen molar-refractivity contribution in [3.8, 4) is 11.4 Å². The smallest absolute Gasteiger partial charge is 0.249 e. The first-order chi connectivity index (χ1) is 12.8. The highest BCUT2D eigenvalue weighted by Crippen LogP contribution is 2.45. The van der Waals surface area contributed by atoms with Gasteiger partial charge in [0.05, 0.1) is 0 Å². The molecule has 0 N–H and O–H groups in total. The molecule has 0 spiro atoms. The first-order valence-electron chi connectivity index (χ1n) is 9.67. The van der Waals surface area contributed by atoms with Gasteiger partial charge in [0.1, 0.15) is 6.04 Å². The number of carbonyl (C=O) groups excluding carboxylic acids is 1. The van der Waals surface area contributed by atoms with E-state index in [9.17, 15) is 4.79 Å². The number of rotatable bonds is 3. The number of fused-ring (bicyclic) bond motifs is 2. The molecule has 2 fully saturated rings. The van der Waals surface area contributed by atoms with Crippen LogP contribution in [0.5, 0.6) is 0 Å². The molecule has 0 radical (unpaired) electrons. The Bertz CT molecular complexity index is 829. The fourth-order valence-corrected chi connectivity index (χ4v) is 4.80. The highest BCUT2D eigenvalue weighted by atomic mass is 16.5. The molecule has 1 saturated carbocycles. The molecule has 3 aliphatic rings. The van der Waals surface area contributed by atoms with Gasteiger partial charge in [0.25, 0.3) is 0 Å². The number of piperidine rings is 1. The number of nitrogens with zero attached hydrogens (tertiary/aromatic N) is 3. The molecule has 1 saturated heterocycles. The Hall–Kier alpha value is -2.43. The van der Waals surface area contributed by atoms with E-state index in [0.717, 1.165) is 44.2 Å². The number of hydrogen-bond donors (Lipinski definition) is 0. The van der Waals surface area contributed by atoms with Gasteiger partial charge < -0.3 is 9.42 Å². The second-order valence-corrected chi connectivity index (χ2v) is 7.75. The average Bonchev–Trinajstić information content (AvgIpc) is 3.45. The highest BCUT2D eigenvalue weighted by Gasteiger charge is 2.44. The average molecular weight is 349 g/mol. The van der Waals surface area contributed by atoms with Crippen molar-refractivity contribution in [3.63, 3.8) is 0 Å². The lowest BCUT2D eigenvalue weighted by atomic mass is 9.90. The Morgan fingerprint density at radius 3 is 2.77 bits per heavy atom. The van der Waals surface area contributed by atoms with Crippen LogP contribution in [-0.4, -0.2) is 27.5 Å². The predicted molar refractivity (Wildman–Crippen MR) is 96.9 cm³/mol. The predicted octanol–water partition coefficient (Wildman–Crippen LogP) is 4.00. The summed E-state index contributed by atoms with van der Waals surface area (Å²) in [6.07, 6.45) is 9.73. The van der Waals surface area contributed by atoms with Crippen LogP contribution >= 0.6 is 0 Å². The van der Waals surface area contributed by atoms with Gasteiger partial charge in [-0.3, -0.25) is 4.79 Å². The van der Waals surface area contributed by atoms with Crippen LogP contribution in [0, 0.1) is 17.8 Å². The lowest BCUT2D eigenvalue weighted by molar-refractivity contribution is -0.141. The van der Waals surface area contributed by atoms with Crippen molar-refractivity contribution >= 4 is 5.91 Å². The minimum atomic E-state index is -0.0793. The number of hydrogen-bond acceptors (Lipinski definition) is 4. The van der Waals surface area contributed by atoms with Crippen LogP contribution in [-0.2, 0) is 4.79 Å². The van der Waals surface area contributed by atoms with Gasteiger partial charge in [-0.1, -0.05) is 47.6 Å². The summed E-state index contributed by atoms with van der Waals surface area (Å²) in [5, 5.41) is 4.16. The summed E-state index contributed by atoms with van der Waals surface area (Å²) < 4.78 is 5.59. The van der Waals surface area contributed by atoms with Gasteiger partial charge in [-0.25, -0.2) is 0 Å². The van der Waals surface area contributed by atoms with E-state index in [2.05, 4.69) is 22.3 Å². The molecule has 2 aliphatic carbocycles. The SMILES string of the molecule is O=C([C@H]1C[C@H]2C=C[C@H]1C2)N1CCCC[C@H]1c1nc(-c2ccccc2)no1. The molecular formula is C21H23N3O2. The summed E-state index contributed by atoms with van der Waals surface area (Å²) in [7, 11) is 0. The summed E-state index contributed by atoms with van der Waals surface area (Å²) in [6, 6.07) is 9.76. The van der Waals surface area contributed by atoms with Crippen molar-refractivity contribution in [2.45, 2.75) is 38.1 Å². The summed E-state index contributed by atoms with van der Waals surface area (Å²) >= 11 is 0. The maximum atomic E-state index is 13.3. The first kappa shape index (κ1) is 15.8. The number of aromatic nitrogens is 2. The Morgan fingerprint density at radius 2 is 2.00 bits per heavy atom. The zero-order valence-electron chi connectivity index (χ0n) is 14.8. The van der Waals surface area contributed by atoms with E-state index in [0.29, 0.717) is 23.6 Å². The number of amides is 1. The lowest BCUT2D eigenvalue weighted by Crippen LogP contribution is -2.43. The summed E-state index contributed by atoms with van der Waals surface area (Å²) in [5.74, 6) is 2.63. The van der Waals surface area contributed by atoms with E-state index in [-0.39, 0.29) is 17.9 Å². The molecule has 0 unspecified atom stereocenters.